The summed E-state index contributed by atoms with van der Waals surface area (Å²) in [5.74, 6) is -0.455. The Balaban J connectivity index is 2.36. The number of carbonyl (C=O) groups excluding carboxylic acids is 2. The van der Waals surface area contributed by atoms with E-state index in [1.165, 1.54) is 4.90 Å². The van der Waals surface area contributed by atoms with E-state index in [0.29, 0.717) is 12.2 Å². The van der Waals surface area contributed by atoms with E-state index in [-0.39, 0.29) is 18.4 Å². The summed E-state index contributed by atoms with van der Waals surface area (Å²) >= 11 is 2.13. The third-order valence-electron chi connectivity index (χ3n) is 5.25. The van der Waals surface area contributed by atoms with Crippen molar-refractivity contribution >= 4 is 50.1 Å². The van der Waals surface area contributed by atoms with Crippen molar-refractivity contribution in [1.82, 2.24) is 10.2 Å². The summed E-state index contributed by atoms with van der Waals surface area (Å²) < 4.78 is 27.1. The molecule has 2 amide bonds. The van der Waals surface area contributed by atoms with E-state index in [2.05, 4.69) is 27.9 Å². The topological polar surface area (TPSA) is 86.8 Å². The molecule has 0 spiro atoms. The number of nitrogens with zero attached hydrogens (tertiary/aromatic N) is 2. The van der Waals surface area contributed by atoms with Crippen molar-refractivity contribution in [3.8, 4) is 0 Å². The van der Waals surface area contributed by atoms with Crippen LogP contribution < -0.4 is 9.62 Å². The molecule has 1 unspecified atom stereocenters. The second-order valence-electron chi connectivity index (χ2n) is 8.51. The first-order chi connectivity index (χ1) is 15.4. The highest BCUT2D eigenvalue weighted by Gasteiger charge is 2.30. The maximum absolute atomic E-state index is 13.5. The number of hydrogen-bond acceptors (Lipinski definition) is 4. The van der Waals surface area contributed by atoms with Gasteiger partial charge in [-0.05, 0) is 77.7 Å². The molecule has 1 atom stereocenters. The lowest BCUT2D eigenvalue weighted by Gasteiger charge is -2.32. The van der Waals surface area contributed by atoms with E-state index in [4.69, 9.17) is 0 Å². The van der Waals surface area contributed by atoms with Gasteiger partial charge in [-0.1, -0.05) is 38.1 Å². The molecule has 0 aromatic heterocycles. The SMILES string of the molecule is Cc1ccccc1CN(C(=O)CN(c1ccc(I)cc1)S(C)(=O)=O)C(C)C(=O)NCC(C)C. The highest BCUT2D eigenvalue weighted by molar-refractivity contribution is 14.1. The standard InChI is InChI=1S/C24H32IN3O4S/c1-17(2)14-26-24(30)19(4)27(15-20-9-7-6-8-18(20)3)23(29)16-28(33(5,31)32)22-12-10-21(25)11-13-22/h6-13,17,19H,14-16H2,1-5H3,(H,26,30). The largest absolute Gasteiger partial charge is 0.354 e. The van der Waals surface area contributed by atoms with Gasteiger partial charge in [-0.15, -0.1) is 0 Å². The average molecular weight is 586 g/mol. The molecule has 2 rings (SSSR count). The molecule has 0 fully saturated rings. The van der Waals surface area contributed by atoms with Crippen LogP contribution in [0.5, 0.6) is 0 Å². The van der Waals surface area contributed by atoms with Crippen molar-refractivity contribution in [2.24, 2.45) is 5.92 Å². The van der Waals surface area contributed by atoms with E-state index in [0.717, 1.165) is 25.3 Å². The summed E-state index contributed by atoms with van der Waals surface area (Å²) in [6.07, 6.45) is 1.07. The van der Waals surface area contributed by atoms with Crippen LogP contribution in [-0.2, 0) is 26.2 Å². The molecule has 0 radical (unpaired) electrons. The Hall–Kier alpha value is -2.14. The molecular weight excluding hydrogens is 553 g/mol. The summed E-state index contributed by atoms with van der Waals surface area (Å²) in [4.78, 5) is 27.7. The van der Waals surface area contributed by atoms with Crippen LogP contribution in [0, 0.1) is 16.4 Å². The fraction of sp³-hybridized carbons (Fsp3) is 0.417. The number of amides is 2. The summed E-state index contributed by atoms with van der Waals surface area (Å²) in [7, 11) is -3.72. The van der Waals surface area contributed by atoms with Gasteiger partial charge in [-0.25, -0.2) is 8.42 Å². The van der Waals surface area contributed by atoms with Gasteiger partial charge in [0, 0.05) is 16.7 Å². The van der Waals surface area contributed by atoms with Gasteiger partial charge in [0.1, 0.15) is 12.6 Å². The van der Waals surface area contributed by atoms with Crippen molar-refractivity contribution in [3.05, 3.63) is 63.2 Å². The van der Waals surface area contributed by atoms with Crippen molar-refractivity contribution in [3.63, 3.8) is 0 Å². The Labute approximate surface area is 210 Å². The number of halogens is 1. The molecule has 0 bridgehead atoms. The van der Waals surface area contributed by atoms with Crippen LogP contribution in [0.15, 0.2) is 48.5 Å². The smallest absolute Gasteiger partial charge is 0.244 e. The maximum Gasteiger partial charge on any atom is 0.244 e. The van der Waals surface area contributed by atoms with Crippen LogP contribution in [0.2, 0.25) is 0 Å². The molecule has 9 heteroatoms. The number of anilines is 1. The lowest BCUT2D eigenvalue weighted by atomic mass is 10.1. The number of benzene rings is 2. The second-order valence-corrected chi connectivity index (χ2v) is 11.7. The summed E-state index contributed by atoms with van der Waals surface area (Å²) in [6, 6.07) is 13.8. The van der Waals surface area contributed by atoms with E-state index in [1.807, 2.05) is 45.0 Å². The Morgan fingerprint density at radius 3 is 2.18 bits per heavy atom. The van der Waals surface area contributed by atoms with Crippen LogP contribution >= 0.6 is 22.6 Å². The Morgan fingerprint density at radius 1 is 1.03 bits per heavy atom. The molecular formula is C24H32IN3O4S. The minimum Gasteiger partial charge on any atom is -0.354 e. The monoisotopic (exact) mass is 585 g/mol. The fourth-order valence-corrected chi connectivity index (χ4v) is 4.44. The normalized spacial score (nSPS) is 12.3. The molecule has 2 aromatic carbocycles. The molecule has 0 saturated carbocycles. The first-order valence-corrected chi connectivity index (χ1v) is 13.7. The molecule has 7 nitrogen and oxygen atoms in total. The number of sulfonamides is 1. The first-order valence-electron chi connectivity index (χ1n) is 10.7. The lowest BCUT2D eigenvalue weighted by molar-refractivity contribution is -0.139. The number of nitrogens with one attached hydrogen (secondary N) is 1. The molecule has 0 aliphatic carbocycles. The van der Waals surface area contributed by atoms with Gasteiger partial charge in [0.2, 0.25) is 21.8 Å². The number of hydrogen-bond donors (Lipinski definition) is 1. The van der Waals surface area contributed by atoms with E-state index in [9.17, 15) is 18.0 Å². The zero-order chi connectivity index (χ0) is 24.8. The minimum atomic E-state index is -3.72. The second kappa shape index (κ2) is 11.8. The Kier molecular flexibility index (Phi) is 9.71. The highest BCUT2D eigenvalue weighted by Crippen LogP contribution is 2.21. The summed E-state index contributed by atoms with van der Waals surface area (Å²) in [5, 5.41) is 2.87. The highest BCUT2D eigenvalue weighted by atomic mass is 127. The number of carbonyl (C=O) groups is 2. The third kappa shape index (κ3) is 7.99. The predicted molar refractivity (Wildman–Crippen MR) is 140 cm³/mol. The minimum absolute atomic E-state index is 0.200. The summed E-state index contributed by atoms with van der Waals surface area (Å²) in [5.41, 5.74) is 2.29. The van der Waals surface area contributed by atoms with Crippen LogP contribution in [-0.4, -0.2) is 50.5 Å². The van der Waals surface area contributed by atoms with Crippen LogP contribution in [0.25, 0.3) is 0 Å². The molecule has 1 N–H and O–H groups in total. The van der Waals surface area contributed by atoms with Crippen molar-refractivity contribution in [2.45, 2.75) is 40.3 Å². The lowest BCUT2D eigenvalue weighted by Crippen LogP contribution is -2.51. The van der Waals surface area contributed by atoms with Gasteiger partial charge in [0.15, 0.2) is 0 Å². The third-order valence-corrected chi connectivity index (χ3v) is 7.11. The Morgan fingerprint density at radius 2 is 1.64 bits per heavy atom. The van der Waals surface area contributed by atoms with Gasteiger partial charge < -0.3 is 10.2 Å². The van der Waals surface area contributed by atoms with Crippen molar-refractivity contribution < 1.29 is 18.0 Å². The zero-order valence-electron chi connectivity index (χ0n) is 19.7. The Bertz CT molecular complexity index is 1070. The van der Waals surface area contributed by atoms with Gasteiger partial charge in [-0.3, -0.25) is 13.9 Å². The summed E-state index contributed by atoms with van der Waals surface area (Å²) in [6.45, 7) is 7.89. The number of rotatable bonds is 10. The molecule has 0 saturated heterocycles. The van der Waals surface area contributed by atoms with E-state index < -0.39 is 28.5 Å². The average Bonchev–Trinajstić information content (AvgIpc) is 2.74. The number of aryl methyl sites for hydroxylation is 1. The van der Waals surface area contributed by atoms with Crippen LogP contribution in [0.3, 0.4) is 0 Å². The van der Waals surface area contributed by atoms with Gasteiger partial charge in [0.05, 0.1) is 11.9 Å². The molecule has 0 heterocycles. The van der Waals surface area contributed by atoms with E-state index >= 15 is 0 Å². The quantitative estimate of drug-likeness (QED) is 0.433. The van der Waals surface area contributed by atoms with Crippen molar-refractivity contribution in [2.75, 3.05) is 23.7 Å². The van der Waals surface area contributed by atoms with Crippen LogP contribution in [0.4, 0.5) is 5.69 Å². The molecule has 0 aliphatic heterocycles. The molecule has 180 valence electrons. The molecule has 0 aliphatic rings. The van der Waals surface area contributed by atoms with Crippen molar-refractivity contribution in [1.29, 1.82) is 0 Å². The maximum atomic E-state index is 13.5. The first kappa shape index (κ1) is 27.1. The van der Waals surface area contributed by atoms with Crippen LogP contribution in [0.1, 0.15) is 31.9 Å². The van der Waals surface area contributed by atoms with E-state index in [1.54, 1.807) is 31.2 Å². The molecule has 2 aromatic rings. The molecule has 33 heavy (non-hydrogen) atoms. The predicted octanol–water partition coefficient (Wildman–Crippen LogP) is 3.56. The fourth-order valence-electron chi connectivity index (χ4n) is 3.23. The van der Waals surface area contributed by atoms with Gasteiger partial charge in [0.25, 0.3) is 0 Å². The zero-order valence-corrected chi connectivity index (χ0v) is 22.7. The van der Waals surface area contributed by atoms with Gasteiger partial charge in [-0.2, -0.15) is 0 Å². The van der Waals surface area contributed by atoms with Gasteiger partial charge >= 0.3 is 0 Å².